The third-order valence-electron chi connectivity index (χ3n) is 6.54. The molecule has 3 aromatic rings. The third kappa shape index (κ3) is 3.29. The van der Waals surface area contributed by atoms with Crippen molar-refractivity contribution in [2.45, 2.75) is 31.2 Å². The monoisotopic (exact) mass is 397 g/mol. The SMILES string of the molecule is Fc1ccc2[nH]cc(C3CCC(N4CCN(c5ccccc5Cl)CC4)C3)c2c1. The summed E-state index contributed by atoms with van der Waals surface area (Å²) in [5.41, 5.74) is 3.47. The maximum Gasteiger partial charge on any atom is 0.123 e. The number of H-pyrrole nitrogens is 1. The second kappa shape index (κ2) is 7.41. The fraction of sp³-hybridized carbons (Fsp3) is 0.391. The van der Waals surface area contributed by atoms with E-state index in [1.807, 2.05) is 18.2 Å². The van der Waals surface area contributed by atoms with E-state index in [1.165, 1.54) is 24.5 Å². The highest BCUT2D eigenvalue weighted by atomic mass is 35.5. The van der Waals surface area contributed by atoms with Gasteiger partial charge in [0.25, 0.3) is 0 Å². The summed E-state index contributed by atoms with van der Waals surface area (Å²) in [7, 11) is 0. The van der Waals surface area contributed by atoms with Crippen molar-refractivity contribution in [3.8, 4) is 0 Å². The number of fused-ring (bicyclic) bond motifs is 1. The molecule has 2 unspecified atom stereocenters. The van der Waals surface area contributed by atoms with Gasteiger partial charge in [-0.05, 0) is 61.1 Å². The van der Waals surface area contributed by atoms with Gasteiger partial charge in [0.1, 0.15) is 5.82 Å². The van der Waals surface area contributed by atoms with E-state index in [1.54, 1.807) is 6.07 Å². The number of nitrogens with zero attached hydrogens (tertiary/aromatic N) is 2. The highest BCUT2D eigenvalue weighted by Gasteiger charge is 2.33. The predicted octanol–water partition coefficient (Wildman–Crippen LogP) is 5.42. The Balaban J connectivity index is 1.24. The molecule has 0 amide bonds. The molecular weight excluding hydrogens is 373 g/mol. The molecule has 28 heavy (non-hydrogen) atoms. The van der Waals surface area contributed by atoms with Crippen molar-refractivity contribution in [1.82, 2.24) is 9.88 Å². The molecule has 1 aliphatic carbocycles. The second-order valence-corrected chi connectivity index (χ2v) is 8.48. The highest BCUT2D eigenvalue weighted by molar-refractivity contribution is 6.33. The van der Waals surface area contributed by atoms with Crippen LogP contribution >= 0.6 is 11.6 Å². The highest BCUT2D eigenvalue weighted by Crippen LogP contribution is 2.40. The van der Waals surface area contributed by atoms with Crippen molar-refractivity contribution in [2.75, 3.05) is 31.1 Å². The topological polar surface area (TPSA) is 22.3 Å². The van der Waals surface area contributed by atoms with Crippen LogP contribution in [0.1, 0.15) is 30.7 Å². The first-order valence-corrected chi connectivity index (χ1v) is 10.6. The summed E-state index contributed by atoms with van der Waals surface area (Å²) >= 11 is 6.37. The van der Waals surface area contributed by atoms with Gasteiger partial charge in [0.2, 0.25) is 0 Å². The Morgan fingerprint density at radius 2 is 1.82 bits per heavy atom. The molecule has 0 spiro atoms. The first-order chi connectivity index (χ1) is 13.7. The zero-order valence-corrected chi connectivity index (χ0v) is 16.6. The van der Waals surface area contributed by atoms with Crippen molar-refractivity contribution in [3.63, 3.8) is 0 Å². The number of hydrogen-bond acceptors (Lipinski definition) is 2. The van der Waals surface area contributed by atoms with Crippen molar-refractivity contribution in [2.24, 2.45) is 0 Å². The number of aromatic amines is 1. The lowest BCUT2D eigenvalue weighted by Crippen LogP contribution is -2.49. The largest absolute Gasteiger partial charge is 0.368 e. The van der Waals surface area contributed by atoms with E-state index in [4.69, 9.17) is 11.6 Å². The minimum atomic E-state index is -0.154. The number of piperazine rings is 1. The van der Waals surface area contributed by atoms with E-state index in [0.717, 1.165) is 54.2 Å². The average Bonchev–Trinajstić information content (AvgIpc) is 3.35. The minimum Gasteiger partial charge on any atom is -0.368 e. The number of anilines is 1. The van der Waals surface area contributed by atoms with Crippen LogP contribution in [-0.2, 0) is 0 Å². The third-order valence-corrected chi connectivity index (χ3v) is 6.86. The number of aromatic nitrogens is 1. The first-order valence-electron chi connectivity index (χ1n) is 10.2. The van der Waals surface area contributed by atoms with Crippen LogP contribution in [0.3, 0.4) is 0 Å². The first kappa shape index (κ1) is 18.0. The molecule has 1 N–H and O–H groups in total. The van der Waals surface area contributed by atoms with E-state index in [-0.39, 0.29) is 5.82 Å². The molecule has 1 saturated carbocycles. The molecule has 1 aromatic heterocycles. The summed E-state index contributed by atoms with van der Waals surface area (Å²) in [5.74, 6) is 0.362. The van der Waals surface area contributed by atoms with Gasteiger partial charge in [-0.3, -0.25) is 4.90 Å². The molecule has 2 heterocycles. The van der Waals surface area contributed by atoms with Crippen LogP contribution in [0, 0.1) is 5.82 Å². The van der Waals surface area contributed by atoms with Gasteiger partial charge in [0.15, 0.2) is 0 Å². The van der Waals surface area contributed by atoms with E-state index in [0.29, 0.717) is 12.0 Å². The molecule has 0 radical (unpaired) electrons. The van der Waals surface area contributed by atoms with E-state index in [9.17, 15) is 4.39 Å². The number of rotatable bonds is 3. The van der Waals surface area contributed by atoms with Gasteiger partial charge in [-0.15, -0.1) is 0 Å². The van der Waals surface area contributed by atoms with Gasteiger partial charge in [-0.25, -0.2) is 4.39 Å². The van der Waals surface area contributed by atoms with E-state index < -0.39 is 0 Å². The van der Waals surface area contributed by atoms with Gasteiger partial charge in [-0.1, -0.05) is 23.7 Å². The summed E-state index contributed by atoms with van der Waals surface area (Å²) in [6, 6.07) is 13.8. The van der Waals surface area contributed by atoms with Crippen LogP contribution in [-0.4, -0.2) is 42.1 Å². The Labute approximate surface area is 170 Å². The predicted molar refractivity (Wildman–Crippen MR) is 114 cm³/mol. The molecule has 0 bridgehead atoms. The lowest BCUT2D eigenvalue weighted by Gasteiger charge is -2.39. The Kier molecular flexibility index (Phi) is 4.77. The average molecular weight is 398 g/mol. The van der Waals surface area contributed by atoms with E-state index >= 15 is 0 Å². The normalized spacial score (nSPS) is 23.6. The molecule has 5 rings (SSSR count). The zero-order chi connectivity index (χ0) is 19.1. The number of halogens is 2. The van der Waals surface area contributed by atoms with Gasteiger partial charge in [0.05, 0.1) is 10.7 Å². The van der Waals surface area contributed by atoms with E-state index in [2.05, 4.69) is 33.1 Å². The molecule has 1 aliphatic heterocycles. The number of hydrogen-bond donors (Lipinski definition) is 1. The lowest BCUT2D eigenvalue weighted by molar-refractivity contribution is 0.186. The summed E-state index contributed by atoms with van der Waals surface area (Å²) in [4.78, 5) is 8.35. The Morgan fingerprint density at radius 3 is 2.64 bits per heavy atom. The number of benzene rings is 2. The van der Waals surface area contributed by atoms with Gasteiger partial charge in [-0.2, -0.15) is 0 Å². The fourth-order valence-corrected chi connectivity index (χ4v) is 5.32. The van der Waals surface area contributed by atoms with Crippen molar-refractivity contribution < 1.29 is 4.39 Å². The van der Waals surface area contributed by atoms with Gasteiger partial charge in [0, 0.05) is 49.3 Å². The van der Waals surface area contributed by atoms with Crippen LogP contribution in [0.15, 0.2) is 48.7 Å². The molecule has 146 valence electrons. The molecule has 2 atom stereocenters. The molecule has 1 saturated heterocycles. The maximum atomic E-state index is 13.7. The van der Waals surface area contributed by atoms with Gasteiger partial charge < -0.3 is 9.88 Å². The van der Waals surface area contributed by atoms with Crippen molar-refractivity contribution in [3.05, 3.63) is 65.1 Å². The summed E-state index contributed by atoms with van der Waals surface area (Å²) in [6.07, 6.45) is 5.65. The standard InChI is InChI=1S/C23H25ClFN3/c24-21-3-1-2-4-23(21)28-11-9-27(10-12-28)18-7-5-16(13-18)20-15-26-22-8-6-17(25)14-19(20)22/h1-4,6,8,14-16,18,26H,5,7,9-13H2. The van der Waals surface area contributed by atoms with Crippen LogP contribution in [0.4, 0.5) is 10.1 Å². The van der Waals surface area contributed by atoms with Crippen LogP contribution in [0.25, 0.3) is 10.9 Å². The smallest absolute Gasteiger partial charge is 0.123 e. The maximum absolute atomic E-state index is 13.7. The number of para-hydroxylation sites is 1. The molecule has 2 fully saturated rings. The minimum absolute atomic E-state index is 0.154. The molecule has 2 aromatic carbocycles. The van der Waals surface area contributed by atoms with Gasteiger partial charge >= 0.3 is 0 Å². The Hall–Kier alpha value is -2.04. The fourth-order valence-electron chi connectivity index (χ4n) is 5.06. The van der Waals surface area contributed by atoms with Crippen molar-refractivity contribution >= 4 is 28.2 Å². The van der Waals surface area contributed by atoms with Crippen LogP contribution in [0.5, 0.6) is 0 Å². The quantitative estimate of drug-likeness (QED) is 0.637. The van der Waals surface area contributed by atoms with Crippen LogP contribution < -0.4 is 4.90 Å². The Bertz CT molecular complexity index is 977. The molecule has 3 nitrogen and oxygen atoms in total. The van der Waals surface area contributed by atoms with Crippen LogP contribution in [0.2, 0.25) is 5.02 Å². The number of nitrogens with one attached hydrogen (secondary N) is 1. The zero-order valence-electron chi connectivity index (χ0n) is 15.9. The lowest BCUT2D eigenvalue weighted by atomic mass is 9.96. The summed E-state index contributed by atoms with van der Waals surface area (Å²) < 4.78 is 13.7. The molecule has 5 heteroatoms. The molecular formula is C23H25ClFN3. The second-order valence-electron chi connectivity index (χ2n) is 8.07. The van der Waals surface area contributed by atoms with Crippen molar-refractivity contribution in [1.29, 1.82) is 0 Å². The Morgan fingerprint density at radius 1 is 1.00 bits per heavy atom. The molecule has 2 aliphatic rings. The summed E-state index contributed by atoms with van der Waals surface area (Å²) in [5, 5.41) is 1.89. The summed E-state index contributed by atoms with van der Waals surface area (Å²) in [6.45, 7) is 4.18.